The average Bonchev–Trinajstić information content (AvgIpc) is 2.64. The van der Waals surface area contributed by atoms with Gasteiger partial charge in [0.1, 0.15) is 17.4 Å². The highest BCUT2D eigenvalue weighted by molar-refractivity contribution is 5.55. The molecule has 5 nitrogen and oxygen atoms in total. The summed E-state index contributed by atoms with van der Waals surface area (Å²) in [4.78, 5) is 13.4. The maximum atomic E-state index is 13.4. The SMILES string of the molecule is Cc1cc2c(c(=O)n1CC(C)C)C(c1ccc(C(C)C)cc1)C(C#N)=C(N)O2. The van der Waals surface area contributed by atoms with Gasteiger partial charge in [-0.3, -0.25) is 4.79 Å². The van der Waals surface area contributed by atoms with E-state index >= 15 is 0 Å². The van der Waals surface area contributed by atoms with Gasteiger partial charge >= 0.3 is 0 Å². The van der Waals surface area contributed by atoms with Crippen LogP contribution in [0.5, 0.6) is 5.75 Å². The number of allylic oxidation sites excluding steroid dienone is 1. The third kappa shape index (κ3) is 3.43. The summed E-state index contributed by atoms with van der Waals surface area (Å²) in [6.07, 6.45) is 0. The number of hydrogen-bond donors (Lipinski definition) is 1. The van der Waals surface area contributed by atoms with Crippen LogP contribution in [0.4, 0.5) is 0 Å². The second-order valence-corrected chi connectivity index (χ2v) is 8.12. The summed E-state index contributed by atoms with van der Waals surface area (Å²) in [5.74, 6) is 0.698. The zero-order valence-electron chi connectivity index (χ0n) is 17.1. The molecular formula is C23H27N3O2. The van der Waals surface area contributed by atoms with Gasteiger partial charge in [-0.1, -0.05) is 52.0 Å². The summed E-state index contributed by atoms with van der Waals surface area (Å²) < 4.78 is 7.45. The molecule has 0 aliphatic carbocycles. The molecule has 2 heterocycles. The Morgan fingerprint density at radius 3 is 2.39 bits per heavy atom. The second kappa shape index (κ2) is 7.55. The molecule has 2 aromatic rings. The van der Waals surface area contributed by atoms with Crippen molar-refractivity contribution >= 4 is 0 Å². The first kappa shape index (κ1) is 19.8. The fourth-order valence-corrected chi connectivity index (χ4v) is 3.68. The number of rotatable bonds is 4. The Labute approximate surface area is 166 Å². The molecule has 1 atom stereocenters. The number of nitrogens with zero attached hydrogens (tertiary/aromatic N) is 2. The monoisotopic (exact) mass is 377 g/mol. The zero-order chi connectivity index (χ0) is 20.6. The molecular weight excluding hydrogens is 350 g/mol. The Kier molecular flexibility index (Phi) is 5.33. The van der Waals surface area contributed by atoms with E-state index in [-0.39, 0.29) is 17.0 Å². The number of nitriles is 1. The number of pyridine rings is 1. The fraction of sp³-hybridized carbons (Fsp3) is 0.391. The Balaban J connectivity index is 2.24. The summed E-state index contributed by atoms with van der Waals surface area (Å²) >= 11 is 0. The summed E-state index contributed by atoms with van der Waals surface area (Å²) in [6.45, 7) is 10.9. The molecule has 2 N–H and O–H groups in total. The minimum atomic E-state index is -0.526. The lowest BCUT2D eigenvalue weighted by Crippen LogP contribution is -2.33. The van der Waals surface area contributed by atoms with E-state index in [4.69, 9.17) is 10.5 Å². The lowest BCUT2D eigenvalue weighted by molar-refractivity contribution is 0.386. The minimum Gasteiger partial charge on any atom is -0.440 e. The molecule has 0 fully saturated rings. The second-order valence-electron chi connectivity index (χ2n) is 8.12. The van der Waals surface area contributed by atoms with Gasteiger partial charge in [-0.2, -0.15) is 5.26 Å². The molecule has 0 amide bonds. The third-order valence-corrected chi connectivity index (χ3v) is 5.17. The van der Waals surface area contributed by atoms with E-state index in [1.165, 1.54) is 5.56 Å². The molecule has 0 radical (unpaired) electrons. The average molecular weight is 377 g/mol. The first-order valence-corrected chi connectivity index (χ1v) is 9.66. The predicted molar refractivity (Wildman–Crippen MR) is 110 cm³/mol. The zero-order valence-corrected chi connectivity index (χ0v) is 17.1. The highest BCUT2D eigenvalue weighted by Gasteiger charge is 2.34. The maximum Gasteiger partial charge on any atom is 0.258 e. The van der Waals surface area contributed by atoms with E-state index in [1.54, 1.807) is 4.57 Å². The molecule has 5 heteroatoms. The number of nitrogens with two attached hydrogens (primary N) is 1. The van der Waals surface area contributed by atoms with Crippen molar-refractivity contribution in [3.8, 4) is 11.8 Å². The summed E-state index contributed by atoms with van der Waals surface area (Å²) in [7, 11) is 0. The Hall–Kier alpha value is -3.00. The van der Waals surface area contributed by atoms with Crippen LogP contribution in [-0.4, -0.2) is 4.57 Å². The van der Waals surface area contributed by atoms with Gasteiger partial charge in [-0.15, -0.1) is 0 Å². The van der Waals surface area contributed by atoms with E-state index in [9.17, 15) is 10.1 Å². The van der Waals surface area contributed by atoms with Gasteiger partial charge in [-0.05, 0) is 29.9 Å². The van der Waals surface area contributed by atoms with Crippen LogP contribution in [0.3, 0.4) is 0 Å². The number of aryl methyl sites for hydroxylation is 1. The van der Waals surface area contributed by atoms with Crippen molar-refractivity contribution in [2.75, 3.05) is 0 Å². The molecule has 1 aromatic carbocycles. The van der Waals surface area contributed by atoms with Gasteiger partial charge in [0.2, 0.25) is 5.88 Å². The van der Waals surface area contributed by atoms with Gasteiger partial charge in [0, 0.05) is 18.3 Å². The smallest absolute Gasteiger partial charge is 0.258 e. The van der Waals surface area contributed by atoms with Crippen molar-refractivity contribution < 1.29 is 4.74 Å². The van der Waals surface area contributed by atoms with Crippen LogP contribution in [0.1, 0.15) is 61.9 Å². The Morgan fingerprint density at radius 1 is 1.21 bits per heavy atom. The van der Waals surface area contributed by atoms with Gasteiger partial charge in [0.15, 0.2) is 0 Å². The number of ether oxygens (including phenoxy) is 1. The number of aromatic nitrogens is 1. The van der Waals surface area contributed by atoms with Crippen molar-refractivity contribution in [3.63, 3.8) is 0 Å². The lowest BCUT2D eigenvalue weighted by atomic mass is 9.83. The van der Waals surface area contributed by atoms with Crippen molar-refractivity contribution in [2.45, 2.75) is 53.0 Å². The first-order chi connectivity index (χ1) is 13.2. The number of fused-ring (bicyclic) bond motifs is 1. The Morgan fingerprint density at radius 2 is 1.86 bits per heavy atom. The largest absolute Gasteiger partial charge is 0.440 e. The van der Waals surface area contributed by atoms with Crippen LogP contribution < -0.4 is 16.0 Å². The predicted octanol–water partition coefficient (Wildman–Crippen LogP) is 4.15. The van der Waals surface area contributed by atoms with Gasteiger partial charge in [0.25, 0.3) is 5.56 Å². The summed E-state index contributed by atoms with van der Waals surface area (Å²) in [5.41, 5.74) is 9.58. The third-order valence-electron chi connectivity index (χ3n) is 5.17. The van der Waals surface area contributed by atoms with Crippen LogP contribution in [0.2, 0.25) is 0 Å². The van der Waals surface area contributed by atoms with E-state index in [2.05, 4.69) is 33.8 Å². The van der Waals surface area contributed by atoms with E-state index in [1.807, 2.05) is 37.3 Å². The van der Waals surface area contributed by atoms with E-state index in [0.29, 0.717) is 29.7 Å². The number of hydrogen-bond acceptors (Lipinski definition) is 4. The molecule has 3 rings (SSSR count). The van der Waals surface area contributed by atoms with Crippen LogP contribution in [0.25, 0.3) is 0 Å². The number of benzene rings is 1. The maximum absolute atomic E-state index is 13.4. The molecule has 1 unspecified atom stereocenters. The molecule has 146 valence electrons. The van der Waals surface area contributed by atoms with Crippen molar-refractivity contribution in [1.82, 2.24) is 4.57 Å². The highest BCUT2D eigenvalue weighted by atomic mass is 16.5. The molecule has 0 saturated carbocycles. The molecule has 28 heavy (non-hydrogen) atoms. The van der Waals surface area contributed by atoms with Gasteiger partial charge in [-0.25, -0.2) is 0 Å². The van der Waals surface area contributed by atoms with Crippen LogP contribution in [-0.2, 0) is 6.54 Å². The lowest BCUT2D eigenvalue weighted by Gasteiger charge is -2.28. The molecule has 0 saturated heterocycles. The molecule has 1 aliphatic rings. The van der Waals surface area contributed by atoms with Crippen LogP contribution >= 0.6 is 0 Å². The topological polar surface area (TPSA) is 81.0 Å². The Bertz CT molecular complexity index is 1020. The first-order valence-electron chi connectivity index (χ1n) is 9.66. The molecule has 1 aliphatic heterocycles. The van der Waals surface area contributed by atoms with E-state index in [0.717, 1.165) is 11.3 Å². The quantitative estimate of drug-likeness (QED) is 0.868. The summed E-state index contributed by atoms with van der Waals surface area (Å²) in [6, 6.07) is 12.0. The standard InChI is InChI=1S/C23H27N3O2/c1-13(2)12-26-15(5)10-19-21(23(26)27)20(18(11-24)22(25)28-19)17-8-6-16(7-9-17)14(3)4/h6-10,13-14,20H,12,25H2,1-5H3. The summed E-state index contributed by atoms with van der Waals surface area (Å²) in [5, 5.41) is 9.75. The molecule has 0 bridgehead atoms. The molecule has 0 spiro atoms. The van der Waals surface area contributed by atoms with Crippen molar-refractivity contribution in [2.24, 2.45) is 11.7 Å². The highest BCUT2D eigenvalue weighted by Crippen LogP contribution is 2.40. The normalized spacial score (nSPS) is 16.1. The van der Waals surface area contributed by atoms with Crippen LogP contribution in [0, 0.1) is 24.2 Å². The van der Waals surface area contributed by atoms with E-state index < -0.39 is 5.92 Å². The van der Waals surface area contributed by atoms with Crippen molar-refractivity contribution in [3.05, 3.63) is 74.5 Å². The van der Waals surface area contributed by atoms with Gasteiger partial charge < -0.3 is 15.0 Å². The fourth-order valence-electron chi connectivity index (χ4n) is 3.68. The minimum absolute atomic E-state index is 0.0633. The van der Waals surface area contributed by atoms with Crippen molar-refractivity contribution in [1.29, 1.82) is 5.26 Å². The van der Waals surface area contributed by atoms with Crippen LogP contribution in [0.15, 0.2) is 46.6 Å². The van der Waals surface area contributed by atoms with Gasteiger partial charge in [0.05, 0.1) is 11.5 Å². The molecule has 1 aromatic heterocycles.